The van der Waals surface area contributed by atoms with E-state index in [0.29, 0.717) is 0 Å². The van der Waals surface area contributed by atoms with Crippen LogP contribution in [-0.4, -0.2) is 20.1 Å². The third-order valence-corrected chi connectivity index (χ3v) is 0.408. The maximum atomic E-state index is 9.78. The quantitative estimate of drug-likeness (QED) is 0.284. The van der Waals surface area contributed by atoms with Crippen LogP contribution < -0.4 is 4.89 Å². The first-order chi connectivity index (χ1) is 3.27. The predicted molar refractivity (Wildman–Crippen MR) is 28.8 cm³/mol. The van der Waals surface area contributed by atoms with Crippen molar-refractivity contribution in [1.29, 1.82) is 0 Å². The van der Waals surface area contributed by atoms with Crippen molar-refractivity contribution in [2.45, 2.75) is 0 Å². The van der Waals surface area contributed by atoms with E-state index >= 15 is 0 Å². The van der Waals surface area contributed by atoms with Crippen LogP contribution in [0.2, 0.25) is 0 Å². The van der Waals surface area contributed by atoms with E-state index in [9.17, 15) is 4.79 Å². The fourth-order valence-corrected chi connectivity index (χ4v) is 0.168. The van der Waals surface area contributed by atoms with Crippen LogP contribution in [0.4, 0.5) is 0 Å². The second-order valence-electron chi connectivity index (χ2n) is 0.846. The summed E-state index contributed by atoms with van der Waals surface area (Å²) < 4.78 is 0. The number of carbonyl (C=O) groups is 1. The van der Waals surface area contributed by atoms with Crippen LogP contribution >= 0.6 is 12.8 Å². The molecule has 0 saturated heterocycles. The Kier molecular flexibility index (Phi) is 4.17. The van der Waals surface area contributed by atoms with Crippen LogP contribution in [-0.2, 0) is 9.63 Å². The molecule has 5 heteroatoms. The molecule has 0 aromatic rings. The number of rotatable bonds is 3. The Morgan fingerprint density at radius 3 is 2.71 bits per heavy atom. The number of carbonyl (C=O) groups excluding carboxylic acids is 1. The SMILES string of the molecule is [B]C(=O)CONS. The lowest BCUT2D eigenvalue weighted by atomic mass is 10.1. The van der Waals surface area contributed by atoms with Gasteiger partial charge in [0.2, 0.25) is 0 Å². The third-order valence-electron chi connectivity index (χ3n) is 0.279. The maximum absolute atomic E-state index is 9.78. The normalized spacial score (nSPS) is 8.71. The molecule has 0 aromatic heterocycles. The molecular formula is C2H4BNO2S. The predicted octanol–water partition coefficient (Wildman–Crippen LogP) is -0.953. The molecule has 0 aliphatic carbocycles. The zero-order valence-corrected chi connectivity index (χ0v) is 4.44. The summed E-state index contributed by atoms with van der Waals surface area (Å²) in [6, 6.07) is 0. The molecule has 0 aliphatic rings. The lowest BCUT2D eigenvalue weighted by Gasteiger charge is -1.92. The molecule has 1 N–H and O–H groups in total. The van der Waals surface area contributed by atoms with E-state index in [1.54, 1.807) is 0 Å². The number of nitrogens with one attached hydrogen (secondary N) is 1. The van der Waals surface area contributed by atoms with E-state index in [0.717, 1.165) is 0 Å². The van der Waals surface area contributed by atoms with Gasteiger partial charge in [-0.25, -0.2) is 0 Å². The molecule has 38 valence electrons. The fraction of sp³-hybridized carbons (Fsp3) is 0.500. The Balaban J connectivity index is 2.82. The number of hydrogen-bond acceptors (Lipinski definition) is 4. The zero-order valence-electron chi connectivity index (χ0n) is 3.55. The molecule has 0 spiro atoms. The Hall–Kier alpha value is 0.00494. The molecule has 0 unspecified atom stereocenters. The molecule has 0 bridgehead atoms. The molecular weight excluding hydrogens is 113 g/mol. The molecule has 0 saturated carbocycles. The van der Waals surface area contributed by atoms with Gasteiger partial charge in [-0.05, 0) is 0 Å². The van der Waals surface area contributed by atoms with Gasteiger partial charge >= 0.3 is 0 Å². The van der Waals surface area contributed by atoms with Gasteiger partial charge in [-0.2, -0.15) is 0 Å². The van der Waals surface area contributed by atoms with Gasteiger partial charge < -0.3 is 4.79 Å². The van der Waals surface area contributed by atoms with E-state index in [1.807, 2.05) is 4.89 Å². The van der Waals surface area contributed by atoms with Crippen LogP contribution in [0, 0.1) is 0 Å². The van der Waals surface area contributed by atoms with Gasteiger partial charge in [0.15, 0.2) is 7.85 Å². The highest BCUT2D eigenvalue weighted by molar-refractivity contribution is 7.77. The van der Waals surface area contributed by atoms with Gasteiger partial charge in [-0.1, -0.05) is 12.8 Å². The molecule has 0 amide bonds. The van der Waals surface area contributed by atoms with Crippen molar-refractivity contribution >= 4 is 26.3 Å². The van der Waals surface area contributed by atoms with Gasteiger partial charge in [0.25, 0.3) is 0 Å². The summed E-state index contributed by atoms with van der Waals surface area (Å²) in [6.07, 6.45) is 0. The van der Waals surface area contributed by atoms with Crippen molar-refractivity contribution in [2.24, 2.45) is 0 Å². The number of hydrogen-bond donors (Lipinski definition) is 2. The molecule has 0 aromatic carbocycles. The summed E-state index contributed by atoms with van der Waals surface area (Å²) in [4.78, 5) is 16.0. The molecule has 0 atom stereocenters. The van der Waals surface area contributed by atoms with Gasteiger partial charge in [0, 0.05) is 0 Å². The van der Waals surface area contributed by atoms with Crippen molar-refractivity contribution in [3.8, 4) is 0 Å². The van der Waals surface area contributed by atoms with Crippen molar-refractivity contribution in [1.82, 2.24) is 4.89 Å². The standard InChI is InChI=1S/C2H4BNO2S/c3-2(5)1-6-4-7/h4,7H,1H2. The molecule has 0 fully saturated rings. The summed E-state index contributed by atoms with van der Waals surface area (Å²) in [6.45, 7) is -0.149. The van der Waals surface area contributed by atoms with Crippen molar-refractivity contribution in [2.75, 3.05) is 6.61 Å². The average molecular weight is 117 g/mol. The summed E-state index contributed by atoms with van der Waals surface area (Å²) in [5.74, 6) is 0. The van der Waals surface area contributed by atoms with Gasteiger partial charge in [-0.3, -0.25) is 4.84 Å². The minimum Gasteiger partial charge on any atom is -0.310 e. The Morgan fingerprint density at radius 1 is 2.00 bits per heavy atom. The lowest BCUT2D eigenvalue weighted by molar-refractivity contribution is -0.116. The number of thiol groups is 1. The van der Waals surface area contributed by atoms with Crippen LogP contribution in [0.25, 0.3) is 0 Å². The first-order valence-corrected chi connectivity index (χ1v) is 2.01. The molecule has 7 heavy (non-hydrogen) atoms. The lowest BCUT2D eigenvalue weighted by Crippen LogP contribution is -2.11. The molecule has 0 aliphatic heterocycles. The largest absolute Gasteiger partial charge is 0.310 e. The van der Waals surface area contributed by atoms with Crippen molar-refractivity contribution < 1.29 is 9.63 Å². The molecule has 2 radical (unpaired) electrons. The minimum absolute atomic E-state index is 0.149. The third kappa shape index (κ3) is 6.00. The van der Waals surface area contributed by atoms with Crippen LogP contribution in [0.3, 0.4) is 0 Å². The van der Waals surface area contributed by atoms with E-state index in [-0.39, 0.29) is 6.61 Å². The summed E-state index contributed by atoms with van der Waals surface area (Å²) in [5.41, 5.74) is -0.526. The van der Waals surface area contributed by atoms with Crippen molar-refractivity contribution in [3.05, 3.63) is 0 Å². The summed E-state index contributed by atoms with van der Waals surface area (Å²) >= 11 is 3.42. The first kappa shape index (κ1) is 7.00. The second kappa shape index (κ2) is 4.17. The van der Waals surface area contributed by atoms with Crippen LogP contribution in [0.15, 0.2) is 0 Å². The van der Waals surface area contributed by atoms with Crippen LogP contribution in [0.1, 0.15) is 0 Å². The maximum Gasteiger partial charge on any atom is 0.171 e. The van der Waals surface area contributed by atoms with E-state index < -0.39 is 5.68 Å². The Morgan fingerprint density at radius 2 is 2.57 bits per heavy atom. The average Bonchev–Trinajstić information content (AvgIpc) is 1.61. The van der Waals surface area contributed by atoms with Gasteiger partial charge in [0.05, 0.1) is 0 Å². The van der Waals surface area contributed by atoms with Crippen molar-refractivity contribution in [3.63, 3.8) is 0 Å². The second-order valence-corrected chi connectivity index (χ2v) is 1.03. The van der Waals surface area contributed by atoms with Gasteiger partial charge in [-0.15, -0.1) is 4.89 Å². The highest BCUT2D eigenvalue weighted by atomic mass is 32.1. The minimum atomic E-state index is -0.526. The van der Waals surface area contributed by atoms with E-state index in [1.165, 1.54) is 0 Å². The van der Waals surface area contributed by atoms with Gasteiger partial charge in [0.1, 0.15) is 12.3 Å². The summed E-state index contributed by atoms with van der Waals surface area (Å²) in [5, 5.41) is 0. The Labute approximate surface area is 48.3 Å². The smallest absolute Gasteiger partial charge is 0.171 e. The Bertz CT molecular complexity index is 68.7. The zero-order chi connectivity index (χ0) is 5.70. The molecule has 0 rings (SSSR count). The monoisotopic (exact) mass is 117 g/mol. The van der Waals surface area contributed by atoms with E-state index in [2.05, 4.69) is 25.5 Å². The van der Waals surface area contributed by atoms with Crippen LogP contribution in [0.5, 0.6) is 0 Å². The summed E-state index contributed by atoms with van der Waals surface area (Å²) in [7, 11) is 4.64. The fourth-order valence-electron chi connectivity index (χ4n) is 0.103. The highest BCUT2D eigenvalue weighted by Gasteiger charge is 1.86. The topological polar surface area (TPSA) is 38.3 Å². The van der Waals surface area contributed by atoms with E-state index in [4.69, 9.17) is 0 Å². The molecule has 0 heterocycles. The first-order valence-electron chi connectivity index (χ1n) is 1.56. The molecule has 3 nitrogen and oxygen atoms in total. The highest BCUT2D eigenvalue weighted by Crippen LogP contribution is 1.66.